The van der Waals surface area contributed by atoms with Gasteiger partial charge in [0.15, 0.2) is 0 Å². The summed E-state index contributed by atoms with van der Waals surface area (Å²) in [6, 6.07) is 10.3. The molecule has 0 unspecified atom stereocenters. The molecule has 7 rings (SSSR count). The van der Waals surface area contributed by atoms with Crippen molar-refractivity contribution in [1.29, 1.82) is 0 Å². The van der Waals surface area contributed by atoms with E-state index in [1.165, 1.54) is 12.1 Å². The highest BCUT2D eigenvalue weighted by Crippen LogP contribution is 2.43. The smallest absolute Gasteiger partial charge is 0.444 e. The molecule has 14 nitrogen and oxygen atoms in total. The van der Waals surface area contributed by atoms with E-state index in [1.807, 2.05) is 137 Å². The van der Waals surface area contributed by atoms with Gasteiger partial charge in [-0.3, -0.25) is 9.80 Å². The summed E-state index contributed by atoms with van der Waals surface area (Å²) in [7, 11) is -1.52. The normalized spacial score (nSPS) is 22.5. The minimum atomic E-state index is -0.573. The zero-order valence-corrected chi connectivity index (χ0v) is 46.9. The molecule has 0 aliphatic carbocycles. The van der Waals surface area contributed by atoms with Crippen LogP contribution in [0.15, 0.2) is 40.9 Å². The van der Waals surface area contributed by atoms with Gasteiger partial charge in [-0.2, -0.15) is 0 Å². The van der Waals surface area contributed by atoms with Crippen LogP contribution in [0.25, 0.3) is 0 Å². The van der Waals surface area contributed by atoms with Gasteiger partial charge in [-0.1, -0.05) is 41.6 Å². The van der Waals surface area contributed by atoms with E-state index < -0.39 is 43.5 Å². The lowest BCUT2D eigenvalue weighted by molar-refractivity contribution is 0.00578. The first-order valence-corrected chi connectivity index (χ1v) is 25.4. The quantitative estimate of drug-likeness (QED) is 0.256. The topological polar surface area (TPSA) is 121 Å². The molecule has 2 aromatic carbocycles. The number of piperazine rings is 2. The van der Waals surface area contributed by atoms with Crippen LogP contribution in [-0.2, 0) is 50.5 Å². The summed E-state index contributed by atoms with van der Waals surface area (Å²) in [6.07, 6.45) is -0.568. The van der Waals surface area contributed by atoms with Gasteiger partial charge < -0.3 is 47.2 Å². The van der Waals surface area contributed by atoms with Crippen LogP contribution < -0.4 is 5.46 Å². The third-order valence-electron chi connectivity index (χ3n) is 14.2. The van der Waals surface area contributed by atoms with Gasteiger partial charge in [0.2, 0.25) is 0 Å². The maximum atomic E-state index is 14.8. The fourth-order valence-electron chi connectivity index (χ4n) is 7.78. The molecule has 2 amide bonds. The molecule has 0 bridgehead atoms. The van der Waals surface area contributed by atoms with Crippen LogP contribution in [0.5, 0.6) is 0 Å². The molecule has 0 N–H and O–H groups in total. The second-order valence-corrected chi connectivity index (χ2v) is 24.8. The van der Waals surface area contributed by atoms with Crippen molar-refractivity contribution in [3.63, 3.8) is 0 Å². The average Bonchev–Trinajstić information content (AvgIpc) is 3.68. The van der Waals surface area contributed by atoms with E-state index in [2.05, 4.69) is 25.7 Å². The van der Waals surface area contributed by atoms with Gasteiger partial charge >= 0.3 is 33.3 Å². The van der Waals surface area contributed by atoms with E-state index in [1.54, 1.807) is 21.9 Å². The van der Waals surface area contributed by atoms with Crippen LogP contribution in [0.2, 0.25) is 0 Å². The number of halogens is 3. The van der Waals surface area contributed by atoms with E-state index in [0.717, 1.165) is 17.6 Å². The van der Waals surface area contributed by atoms with Crippen molar-refractivity contribution in [2.24, 2.45) is 0 Å². The number of carbonyl (C=O) groups excluding carboxylic acids is 2. The molecule has 0 saturated carbocycles. The minimum absolute atomic E-state index is 0. The molecule has 0 atom stereocenters. The van der Waals surface area contributed by atoms with Crippen LogP contribution in [0.4, 0.5) is 18.4 Å². The molecule has 5 saturated heterocycles. The molecule has 5 fully saturated rings. The number of hydrogen-bond donors (Lipinski definition) is 0. The summed E-state index contributed by atoms with van der Waals surface area (Å²) in [4.78, 5) is 31.9. The van der Waals surface area contributed by atoms with E-state index in [0.29, 0.717) is 68.9 Å². The third-order valence-corrected chi connectivity index (χ3v) is 14.7. The first-order chi connectivity index (χ1) is 31.9. The second kappa shape index (κ2) is 22.6. The van der Waals surface area contributed by atoms with Gasteiger partial charge in [0, 0.05) is 81.0 Å². The fourth-order valence-corrected chi connectivity index (χ4v) is 8.11. The van der Waals surface area contributed by atoms with Gasteiger partial charge in [0.1, 0.15) is 22.8 Å². The molecule has 0 aromatic heterocycles. The Morgan fingerprint density at radius 1 is 0.535 bits per heavy atom. The Balaban J connectivity index is 0.000000238. The molecule has 0 radical (unpaired) electrons. The first-order valence-electron chi connectivity index (χ1n) is 24.6. The number of rotatable bonds is 6. The number of amides is 2. The average molecular weight is 1060 g/mol. The van der Waals surface area contributed by atoms with Gasteiger partial charge in [-0.05, 0) is 148 Å². The molecule has 5 heterocycles. The number of hydrogen-bond acceptors (Lipinski definition) is 12. The van der Waals surface area contributed by atoms with Crippen LogP contribution in [-0.4, -0.2) is 150 Å². The van der Waals surface area contributed by atoms with Crippen LogP contribution in [0.1, 0.15) is 143 Å². The zero-order chi connectivity index (χ0) is 52.6. The fraction of sp³-hybridized carbons (Fsp3) is 0.725. The predicted molar refractivity (Wildman–Crippen MR) is 281 cm³/mol. The Kier molecular flexibility index (Phi) is 19.3. The van der Waals surface area contributed by atoms with E-state index in [4.69, 9.17) is 37.4 Å². The van der Waals surface area contributed by atoms with Crippen molar-refractivity contribution >= 4 is 54.7 Å². The standard InChI is InChI=1S/C22H34BFN2O4.C16H22BrFN2O2.C12H24B2O4.CH4/c1-20(2,3)28-19(27)26-12-10-25(11-13-26)15-16-8-9-17(14-18(16)24)23-29-21(4,5)22(6,7)30-23;1-16(2,3)22-15(21)20-8-6-19(7-9-20)11-12-4-5-13(17)10-14(12)18;1-9(2)10(3,4)16-13(15-9)14-17-11(5,6)12(7,8)18-14;/h8-9,14H,10-13,15H2,1-7H3;4-5,10H,6-9,11H2,1-3H3;1-8H3;1H4. The van der Waals surface area contributed by atoms with Crippen molar-refractivity contribution in [1.82, 2.24) is 19.6 Å². The number of benzene rings is 2. The minimum Gasteiger partial charge on any atom is -0.444 e. The molecule has 20 heteroatoms. The lowest BCUT2D eigenvalue weighted by atomic mass is 9.49. The van der Waals surface area contributed by atoms with E-state index >= 15 is 0 Å². The summed E-state index contributed by atoms with van der Waals surface area (Å²) in [5.74, 6) is -0.472. The monoisotopic (exact) mass is 1060 g/mol. The first kappa shape index (κ1) is 60.7. The Morgan fingerprint density at radius 3 is 1.15 bits per heavy atom. The Bertz CT molecular complexity index is 2060. The number of ether oxygens (including phenoxy) is 2. The van der Waals surface area contributed by atoms with Gasteiger partial charge in [0.25, 0.3) is 0 Å². The lowest BCUT2D eigenvalue weighted by Crippen LogP contribution is -2.49. The third kappa shape index (κ3) is 15.9. The highest BCUT2D eigenvalue weighted by molar-refractivity contribution is 9.10. The summed E-state index contributed by atoms with van der Waals surface area (Å²) >= 11 is 3.26. The Hall–Kier alpha value is -2.81. The van der Waals surface area contributed by atoms with Crippen LogP contribution in [0.3, 0.4) is 0 Å². The SMILES string of the molecule is C.CC(C)(C)OC(=O)N1CCN(Cc2ccc(B3OC(C)(C)C(C)(C)O3)cc2F)CC1.CC(C)(C)OC(=O)N1CCN(Cc2ccc(Br)cc2F)CC1.CC1(C)OB(B2OC(C)(C)C(C)(C)O2)OC1(C)C. The Morgan fingerprint density at radius 2 is 0.845 bits per heavy atom. The molecule has 0 spiro atoms. The number of nitrogens with zero attached hydrogens (tertiary/aromatic N) is 4. The van der Waals surface area contributed by atoms with Crippen LogP contribution in [0, 0.1) is 11.6 Å². The van der Waals surface area contributed by atoms with Gasteiger partial charge in [-0.15, -0.1) is 0 Å². The van der Waals surface area contributed by atoms with Gasteiger partial charge in [-0.25, -0.2) is 18.4 Å². The van der Waals surface area contributed by atoms with Crippen molar-refractivity contribution in [3.05, 3.63) is 63.6 Å². The summed E-state index contributed by atoms with van der Waals surface area (Å²) < 4.78 is 76.1. The molecule has 5 aliphatic heterocycles. The summed E-state index contributed by atoms with van der Waals surface area (Å²) in [5.41, 5.74) is -1.35. The largest absolute Gasteiger partial charge is 0.494 e. The summed E-state index contributed by atoms with van der Waals surface area (Å²) in [5, 5.41) is 0. The van der Waals surface area contributed by atoms with E-state index in [9.17, 15) is 18.4 Å². The second-order valence-electron chi connectivity index (χ2n) is 23.9. The van der Waals surface area contributed by atoms with Gasteiger partial charge in [0.05, 0.1) is 33.6 Å². The predicted octanol–water partition coefficient (Wildman–Crippen LogP) is 9.70. The number of carbonyl (C=O) groups is 2. The maximum Gasteiger partial charge on any atom is 0.494 e. The maximum absolute atomic E-state index is 14.8. The molecular formula is C51H84B3BrF2N4O10. The van der Waals surface area contributed by atoms with Crippen molar-refractivity contribution in [3.8, 4) is 0 Å². The highest BCUT2D eigenvalue weighted by Gasteiger charge is 2.64. The van der Waals surface area contributed by atoms with Crippen molar-refractivity contribution in [2.45, 2.75) is 190 Å². The Labute approximate surface area is 434 Å². The zero-order valence-electron chi connectivity index (χ0n) is 45.3. The molecule has 2 aromatic rings. The van der Waals surface area contributed by atoms with Crippen LogP contribution >= 0.6 is 15.9 Å². The van der Waals surface area contributed by atoms with E-state index in [-0.39, 0.29) is 53.7 Å². The molecular weight excluding hydrogens is 979 g/mol. The van der Waals surface area contributed by atoms with Crippen molar-refractivity contribution in [2.75, 3.05) is 52.4 Å². The molecule has 398 valence electrons. The highest BCUT2D eigenvalue weighted by atomic mass is 79.9. The molecule has 5 aliphatic rings. The molecule has 71 heavy (non-hydrogen) atoms. The lowest BCUT2D eigenvalue weighted by Gasteiger charge is -2.35. The van der Waals surface area contributed by atoms with Crippen molar-refractivity contribution < 1.29 is 55.8 Å². The summed E-state index contributed by atoms with van der Waals surface area (Å²) in [6.45, 7) is 41.5.